The predicted molar refractivity (Wildman–Crippen MR) is 90.3 cm³/mol. The molecule has 0 radical (unpaired) electrons. The lowest BCUT2D eigenvalue weighted by Crippen LogP contribution is -2.10. The molecule has 24 heavy (non-hydrogen) atoms. The maximum Gasteiger partial charge on any atom is 0.337 e. The van der Waals surface area contributed by atoms with Crippen molar-refractivity contribution in [3.63, 3.8) is 0 Å². The molecule has 2 rings (SSSR count). The van der Waals surface area contributed by atoms with E-state index in [9.17, 15) is 23.1 Å². The molecule has 0 fully saturated rings. The number of hydrogen-bond donors (Lipinski definition) is 2. The molecule has 0 aliphatic carbocycles. The lowest BCUT2D eigenvalue weighted by molar-refractivity contribution is 0.0697. The Kier molecular flexibility index (Phi) is 5.65. The number of oxime groups is 1. The van der Waals surface area contributed by atoms with Gasteiger partial charge in [-0.15, -0.1) is 0 Å². The molecule has 0 amide bonds. The molecule has 0 saturated heterocycles. The number of aromatic carboxylic acids is 1. The first kappa shape index (κ1) is 18.0. The number of rotatable bonds is 5. The van der Waals surface area contributed by atoms with Crippen LogP contribution in [0.5, 0.6) is 0 Å². The summed E-state index contributed by atoms with van der Waals surface area (Å²) < 4.78 is 42.8. The first-order chi connectivity index (χ1) is 11.3. The van der Waals surface area contributed by atoms with Crippen molar-refractivity contribution < 1.29 is 27.9 Å². The van der Waals surface area contributed by atoms with E-state index in [1.165, 1.54) is 19.2 Å². The Morgan fingerprint density at radius 1 is 1.29 bits per heavy atom. The molecule has 0 aliphatic rings. The average molecular weight is 450 g/mol. The molecule has 0 bridgehead atoms. The van der Waals surface area contributed by atoms with Crippen LogP contribution in [0.2, 0.25) is 0 Å². The van der Waals surface area contributed by atoms with Crippen molar-refractivity contribution in [3.05, 3.63) is 56.4 Å². The van der Waals surface area contributed by atoms with Crippen LogP contribution in [0, 0.1) is 21.0 Å². The molecular weight excluding hydrogens is 440 g/mol. The average Bonchev–Trinajstić information content (AvgIpc) is 2.53. The van der Waals surface area contributed by atoms with Crippen LogP contribution in [-0.4, -0.2) is 24.4 Å². The molecule has 0 atom stereocenters. The summed E-state index contributed by atoms with van der Waals surface area (Å²) in [5, 5.41) is 14.8. The summed E-state index contributed by atoms with van der Waals surface area (Å²) >= 11 is 1.88. The monoisotopic (exact) mass is 450 g/mol. The summed E-state index contributed by atoms with van der Waals surface area (Å²) in [4.78, 5) is 15.7. The van der Waals surface area contributed by atoms with Crippen molar-refractivity contribution in [1.29, 1.82) is 0 Å². The van der Waals surface area contributed by atoms with E-state index in [1.807, 2.05) is 22.6 Å². The maximum atomic E-state index is 14.3. The van der Waals surface area contributed by atoms with E-state index in [1.54, 1.807) is 0 Å². The van der Waals surface area contributed by atoms with Crippen LogP contribution < -0.4 is 5.32 Å². The van der Waals surface area contributed by atoms with Gasteiger partial charge in [-0.2, -0.15) is 0 Å². The largest absolute Gasteiger partial charge is 0.478 e. The quantitative estimate of drug-likeness (QED) is 0.409. The molecule has 2 aromatic rings. The van der Waals surface area contributed by atoms with Gasteiger partial charge in [0.1, 0.15) is 12.9 Å². The van der Waals surface area contributed by atoms with E-state index >= 15 is 0 Å². The van der Waals surface area contributed by atoms with Gasteiger partial charge in [0.15, 0.2) is 11.6 Å². The summed E-state index contributed by atoms with van der Waals surface area (Å²) in [5.41, 5.74) is -1.87. The Morgan fingerprint density at radius 2 is 2.00 bits per heavy atom. The molecule has 9 heteroatoms. The zero-order valence-electron chi connectivity index (χ0n) is 12.1. The Hall–Kier alpha value is -2.30. The third-order valence-corrected chi connectivity index (χ3v) is 3.62. The topological polar surface area (TPSA) is 70.9 Å². The SMILES string of the molecule is CON=Cc1cc(C(=O)O)c(Nc2ccc(I)cc2F)c(F)c1F. The van der Waals surface area contributed by atoms with Crippen LogP contribution in [0.15, 0.2) is 29.4 Å². The van der Waals surface area contributed by atoms with E-state index in [-0.39, 0.29) is 5.69 Å². The van der Waals surface area contributed by atoms with Crippen molar-refractivity contribution in [2.45, 2.75) is 0 Å². The van der Waals surface area contributed by atoms with Gasteiger partial charge in [0, 0.05) is 9.13 Å². The van der Waals surface area contributed by atoms with Crippen LogP contribution in [0.1, 0.15) is 15.9 Å². The molecule has 0 unspecified atom stereocenters. The number of nitrogens with zero attached hydrogens (tertiary/aromatic N) is 1. The summed E-state index contributed by atoms with van der Waals surface area (Å²) in [7, 11) is 1.19. The van der Waals surface area contributed by atoms with E-state index in [4.69, 9.17) is 0 Å². The highest BCUT2D eigenvalue weighted by molar-refractivity contribution is 14.1. The van der Waals surface area contributed by atoms with Crippen molar-refractivity contribution in [3.8, 4) is 0 Å². The predicted octanol–water partition coefficient (Wildman–Crippen LogP) is 4.13. The lowest BCUT2D eigenvalue weighted by Gasteiger charge is -2.13. The van der Waals surface area contributed by atoms with Crippen LogP contribution in [0.4, 0.5) is 24.5 Å². The van der Waals surface area contributed by atoms with Gasteiger partial charge in [-0.1, -0.05) is 5.16 Å². The van der Waals surface area contributed by atoms with Crippen LogP contribution >= 0.6 is 22.6 Å². The van der Waals surface area contributed by atoms with Gasteiger partial charge in [-0.05, 0) is 46.9 Å². The number of anilines is 2. The second kappa shape index (κ2) is 7.51. The zero-order chi connectivity index (χ0) is 17.9. The second-order valence-electron chi connectivity index (χ2n) is 4.49. The Balaban J connectivity index is 2.58. The highest BCUT2D eigenvalue weighted by atomic mass is 127. The fourth-order valence-electron chi connectivity index (χ4n) is 1.87. The van der Waals surface area contributed by atoms with Gasteiger partial charge in [0.2, 0.25) is 0 Å². The maximum absolute atomic E-state index is 14.3. The number of halogens is 4. The summed E-state index contributed by atoms with van der Waals surface area (Å²) in [6.07, 6.45) is 0.833. The van der Waals surface area contributed by atoms with E-state index < -0.39 is 40.2 Å². The summed E-state index contributed by atoms with van der Waals surface area (Å²) in [5.74, 6) is -5.06. The number of hydrogen-bond acceptors (Lipinski definition) is 4. The molecular formula is C15H10F3IN2O3. The molecule has 0 aliphatic heterocycles. The molecule has 0 saturated carbocycles. The Labute approximate surface area is 148 Å². The molecule has 126 valence electrons. The number of carboxylic acid groups (broad SMARTS) is 1. The highest BCUT2D eigenvalue weighted by Crippen LogP contribution is 2.30. The second-order valence-corrected chi connectivity index (χ2v) is 5.73. The van der Waals surface area contributed by atoms with Crippen molar-refractivity contribution in [2.75, 3.05) is 12.4 Å². The normalized spacial score (nSPS) is 10.9. The fraction of sp³-hybridized carbons (Fsp3) is 0.0667. The Bertz CT molecular complexity index is 828. The van der Waals surface area contributed by atoms with Gasteiger partial charge in [-0.3, -0.25) is 0 Å². The Morgan fingerprint density at radius 3 is 2.58 bits per heavy atom. The zero-order valence-corrected chi connectivity index (χ0v) is 14.3. The van der Waals surface area contributed by atoms with E-state index in [0.29, 0.717) is 3.57 Å². The van der Waals surface area contributed by atoms with Crippen molar-refractivity contribution in [2.24, 2.45) is 5.16 Å². The molecule has 0 aromatic heterocycles. The minimum atomic E-state index is -1.52. The van der Waals surface area contributed by atoms with Crippen LogP contribution in [-0.2, 0) is 4.84 Å². The van der Waals surface area contributed by atoms with Crippen molar-refractivity contribution in [1.82, 2.24) is 0 Å². The fourth-order valence-corrected chi connectivity index (χ4v) is 2.32. The summed E-state index contributed by atoms with van der Waals surface area (Å²) in [6, 6.07) is 4.86. The van der Waals surface area contributed by atoms with E-state index in [2.05, 4.69) is 15.3 Å². The number of carbonyl (C=O) groups is 1. The molecule has 0 heterocycles. The van der Waals surface area contributed by atoms with Gasteiger partial charge in [0.25, 0.3) is 0 Å². The van der Waals surface area contributed by atoms with Gasteiger partial charge in [0.05, 0.1) is 23.2 Å². The molecule has 0 spiro atoms. The lowest BCUT2D eigenvalue weighted by atomic mass is 10.1. The first-order valence-electron chi connectivity index (χ1n) is 6.39. The van der Waals surface area contributed by atoms with Crippen LogP contribution in [0.3, 0.4) is 0 Å². The number of carboxylic acids is 1. The molecule has 2 aromatic carbocycles. The molecule has 2 N–H and O–H groups in total. The van der Waals surface area contributed by atoms with E-state index in [0.717, 1.165) is 18.3 Å². The highest BCUT2D eigenvalue weighted by Gasteiger charge is 2.22. The number of nitrogens with one attached hydrogen (secondary N) is 1. The number of benzene rings is 2. The third kappa shape index (κ3) is 3.78. The molecule has 5 nitrogen and oxygen atoms in total. The van der Waals surface area contributed by atoms with Gasteiger partial charge in [-0.25, -0.2) is 18.0 Å². The third-order valence-electron chi connectivity index (χ3n) is 2.95. The standard InChI is InChI=1S/C15H10F3IN2O3/c1-24-20-6-7-4-9(15(22)23)14(13(18)12(7)17)21-11-3-2-8(19)5-10(11)16/h2-6,21H,1H3,(H,22,23). The first-order valence-corrected chi connectivity index (χ1v) is 7.47. The van der Waals surface area contributed by atoms with Crippen LogP contribution in [0.25, 0.3) is 0 Å². The smallest absolute Gasteiger partial charge is 0.337 e. The van der Waals surface area contributed by atoms with Gasteiger partial charge >= 0.3 is 5.97 Å². The summed E-state index contributed by atoms with van der Waals surface area (Å²) in [6.45, 7) is 0. The van der Waals surface area contributed by atoms with Crippen molar-refractivity contribution >= 4 is 46.1 Å². The minimum Gasteiger partial charge on any atom is -0.478 e. The minimum absolute atomic E-state index is 0.186. The van der Waals surface area contributed by atoms with Gasteiger partial charge < -0.3 is 15.3 Å².